The number of ether oxygens (including phenoxy) is 4. The zero-order valence-electron chi connectivity index (χ0n) is 17.1. The van der Waals surface area contributed by atoms with Crippen molar-refractivity contribution < 1.29 is 23.7 Å². The smallest absolute Gasteiger partial charge is 0.229 e. The summed E-state index contributed by atoms with van der Waals surface area (Å²) >= 11 is 0. The van der Waals surface area contributed by atoms with E-state index in [0.29, 0.717) is 44.5 Å². The highest BCUT2D eigenvalue weighted by Gasteiger charge is 2.79. The summed E-state index contributed by atoms with van der Waals surface area (Å²) in [4.78, 5) is 13.5. The summed E-state index contributed by atoms with van der Waals surface area (Å²) in [7, 11) is 0. The van der Waals surface area contributed by atoms with Crippen LogP contribution in [0.15, 0.2) is 11.6 Å². The molecule has 5 fully saturated rings. The Morgan fingerprint density at radius 3 is 2.39 bits per heavy atom. The van der Waals surface area contributed by atoms with Gasteiger partial charge in [0.2, 0.25) is 11.6 Å². The van der Waals surface area contributed by atoms with Gasteiger partial charge in [-0.3, -0.25) is 4.79 Å². The molecule has 0 amide bonds. The van der Waals surface area contributed by atoms with Gasteiger partial charge in [-0.05, 0) is 55.4 Å². The molecule has 0 unspecified atom stereocenters. The van der Waals surface area contributed by atoms with Gasteiger partial charge in [-0.1, -0.05) is 25.8 Å². The van der Waals surface area contributed by atoms with E-state index in [-0.39, 0.29) is 22.7 Å². The van der Waals surface area contributed by atoms with Crippen molar-refractivity contribution in [1.82, 2.24) is 0 Å². The molecule has 0 radical (unpaired) electrons. The van der Waals surface area contributed by atoms with E-state index in [9.17, 15) is 4.79 Å². The Morgan fingerprint density at radius 2 is 1.64 bits per heavy atom. The third-order valence-corrected chi connectivity index (χ3v) is 9.44. The van der Waals surface area contributed by atoms with Crippen molar-refractivity contribution in [2.75, 3.05) is 26.4 Å². The molecule has 5 atom stereocenters. The maximum Gasteiger partial charge on any atom is 0.229 e. The monoisotopic (exact) mass is 388 g/mol. The van der Waals surface area contributed by atoms with Gasteiger partial charge in [0, 0.05) is 17.8 Å². The van der Waals surface area contributed by atoms with Crippen LogP contribution in [0.4, 0.5) is 0 Å². The average Bonchev–Trinajstić information content (AvgIpc) is 2.95. The summed E-state index contributed by atoms with van der Waals surface area (Å²) in [5.74, 6) is -0.764. The fourth-order valence-corrected chi connectivity index (χ4v) is 8.14. The van der Waals surface area contributed by atoms with Crippen LogP contribution in [0.3, 0.4) is 0 Å². The number of allylic oxidation sites excluding steroid dienone is 2. The van der Waals surface area contributed by atoms with E-state index in [1.54, 1.807) is 0 Å². The first kappa shape index (κ1) is 18.1. The van der Waals surface area contributed by atoms with Crippen LogP contribution in [0.25, 0.3) is 0 Å². The molecular formula is C23H32O5. The van der Waals surface area contributed by atoms with Crippen molar-refractivity contribution in [3.05, 3.63) is 11.6 Å². The zero-order valence-corrected chi connectivity index (χ0v) is 17.1. The second-order valence-corrected chi connectivity index (χ2v) is 10.4. The van der Waals surface area contributed by atoms with Crippen LogP contribution >= 0.6 is 0 Å². The SMILES string of the molecule is C[C@]12CCCCC1=CC(=O)[C@@H]1[C@@H]2CC[C@@]2(C)[C@H]1CC13OCCOC12OCCO3. The van der Waals surface area contributed by atoms with Crippen molar-refractivity contribution in [1.29, 1.82) is 0 Å². The van der Waals surface area contributed by atoms with Gasteiger partial charge in [0.15, 0.2) is 5.78 Å². The fraction of sp³-hybridized carbons (Fsp3) is 0.870. The highest BCUT2D eigenvalue weighted by Crippen LogP contribution is 2.71. The highest BCUT2D eigenvalue weighted by atomic mass is 16.8. The van der Waals surface area contributed by atoms with Crippen LogP contribution < -0.4 is 0 Å². The van der Waals surface area contributed by atoms with Gasteiger partial charge in [0.05, 0.1) is 26.4 Å². The molecule has 0 aromatic carbocycles. The minimum absolute atomic E-state index is 0.0300. The number of carbonyl (C=O) groups is 1. The molecule has 0 aromatic rings. The Balaban J connectivity index is 1.47. The van der Waals surface area contributed by atoms with Gasteiger partial charge in [-0.15, -0.1) is 0 Å². The second-order valence-electron chi connectivity index (χ2n) is 10.4. The van der Waals surface area contributed by atoms with Crippen molar-refractivity contribution in [3.63, 3.8) is 0 Å². The molecular weight excluding hydrogens is 356 g/mol. The summed E-state index contributed by atoms with van der Waals surface area (Å²) in [6.45, 7) is 6.80. The predicted octanol–water partition coefficient (Wildman–Crippen LogP) is 3.61. The molecule has 0 aromatic heterocycles. The molecule has 2 saturated heterocycles. The third-order valence-electron chi connectivity index (χ3n) is 9.44. The summed E-state index contributed by atoms with van der Waals surface area (Å²) in [5, 5.41) is 0. The van der Waals surface area contributed by atoms with Gasteiger partial charge in [-0.2, -0.15) is 0 Å². The first-order chi connectivity index (χ1) is 13.5. The van der Waals surface area contributed by atoms with Gasteiger partial charge < -0.3 is 18.9 Å². The number of hydrogen-bond donors (Lipinski definition) is 0. The molecule has 2 heterocycles. The van der Waals surface area contributed by atoms with Crippen molar-refractivity contribution in [2.45, 2.75) is 70.4 Å². The van der Waals surface area contributed by atoms with Gasteiger partial charge >= 0.3 is 0 Å². The first-order valence-electron chi connectivity index (χ1n) is 11.3. The van der Waals surface area contributed by atoms with Crippen LogP contribution in [0, 0.1) is 28.6 Å². The number of fused-ring (bicyclic) bond motifs is 5. The zero-order chi connectivity index (χ0) is 19.2. The largest absolute Gasteiger partial charge is 0.343 e. The van der Waals surface area contributed by atoms with E-state index < -0.39 is 11.6 Å². The number of carbonyl (C=O) groups excluding carboxylic acids is 1. The lowest BCUT2D eigenvalue weighted by Gasteiger charge is -2.59. The topological polar surface area (TPSA) is 54.0 Å². The standard InChI is InChI=1S/C23H32O5/c1-20-7-4-3-5-15(20)13-18(24)19-16(20)6-8-21(2)17(19)14-22-23(21,27-11-9-25-22)28-12-10-26-22/h13,16-17,19H,3-12,14H2,1-2H3/t16-,17-,19+,20-,21-,22?,23?/m0/s1. The van der Waals surface area contributed by atoms with Crippen LogP contribution in [-0.2, 0) is 23.7 Å². The number of rotatable bonds is 0. The Bertz CT molecular complexity index is 731. The average molecular weight is 389 g/mol. The molecule has 4 aliphatic carbocycles. The van der Waals surface area contributed by atoms with Crippen molar-refractivity contribution in [2.24, 2.45) is 28.6 Å². The quantitative estimate of drug-likeness (QED) is 0.634. The van der Waals surface area contributed by atoms with Crippen molar-refractivity contribution in [3.8, 4) is 0 Å². The molecule has 0 spiro atoms. The van der Waals surface area contributed by atoms with E-state index >= 15 is 0 Å². The van der Waals surface area contributed by atoms with Crippen LogP contribution in [-0.4, -0.2) is 43.8 Å². The number of hydrogen-bond acceptors (Lipinski definition) is 5. The summed E-state index contributed by atoms with van der Waals surface area (Å²) in [6.07, 6.45) is 9.60. The number of ketones is 1. The van der Waals surface area contributed by atoms with E-state index in [0.717, 1.165) is 19.3 Å². The Kier molecular flexibility index (Phi) is 3.67. The highest BCUT2D eigenvalue weighted by molar-refractivity contribution is 5.94. The van der Waals surface area contributed by atoms with E-state index in [1.165, 1.54) is 24.8 Å². The molecule has 28 heavy (non-hydrogen) atoms. The minimum Gasteiger partial charge on any atom is -0.343 e. The molecule has 154 valence electrons. The van der Waals surface area contributed by atoms with E-state index in [4.69, 9.17) is 18.9 Å². The molecule has 3 saturated carbocycles. The Labute approximate surface area is 167 Å². The summed E-state index contributed by atoms with van der Waals surface area (Å²) in [5.41, 5.74) is 1.33. The molecule has 6 aliphatic rings. The molecule has 6 rings (SSSR count). The van der Waals surface area contributed by atoms with Crippen LogP contribution in [0.5, 0.6) is 0 Å². The van der Waals surface area contributed by atoms with E-state index in [2.05, 4.69) is 13.8 Å². The van der Waals surface area contributed by atoms with Gasteiger partial charge in [0.25, 0.3) is 0 Å². The Hall–Kier alpha value is -0.750. The first-order valence-corrected chi connectivity index (χ1v) is 11.3. The van der Waals surface area contributed by atoms with Crippen LogP contribution in [0.1, 0.15) is 58.8 Å². The molecule has 0 bridgehead atoms. The lowest BCUT2D eigenvalue weighted by Crippen LogP contribution is -2.69. The maximum atomic E-state index is 13.5. The molecule has 5 nitrogen and oxygen atoms in total. The Morgan fingerprint density at radius 1 is 0.929 bits per heavy atom. The molecule has 0 N–H and O–H groups in total. The summed E-state index contributed by atoms with van der Waals surface area (Å²) in [6, 6.07) is 0. The lowest BCUT2D eigenvalue weighted by atomic mass is 9.47. The molecule has 2 aliphatic heterocycles. The van der Waals surface area contributed by atoms with Gasteiger partial charge in [0.1, 0.15) is 0 Å². The molecule has 5 heteroatoms. The minimum atomic E-state index is -0.871. The maximum absolute atomic E-state index is 13.5. The predicted molar refractivity (Wildman–Crippen MR) is 101 cm³/mol. The normalized spacial score (nSPS) is 55.3. The second kappa shape index (κ2) is 5.69. The van der Waals surface area contributed by atoms with Gasteiger partial charge in [-0.25, -0.2) is 0 Å². The third kappa shape index (κ3) is 1.91. The fourth-order valence-electron chi connectivity index (χ4n) is 8.14. The van der Waals surface area contributed by atoms with Crippen LogP contribution in [0.2, 0.25) is 0 Å². The van der Waals surface area contributed by atoms with Crippen molar-refractivity contribution >= 4 is 5.78 Å². The lowest BCUT2D eigenvalue weighted by molar-refractivity contribution is -0.474. The van der Waals surface area contributed by atoms with E-state index in [1.807, 2.05) is 6.08 Å². The summed E-state index contributed by atoms with van der Waals surface area (Å²) < 4.78 is 25.4.